The molecule has 38 heavy (non-hydrogen) atoms. The number of carbonyl (C=O) groups is 2. The van der Waals surface area contributed by atoms with Crippen LogP contribution in [0, 0.1) is 6.92 Å². The van der Waals surface area contributed by atoms with E-state index in [0.29, 0.717) is 22.3 Å². The van der Waals surface area contributed by atoms with Crippen molar-refractivity contribution in [2.24, 2.45) is 0 Å². The predicted octanol–water partition coefficient (Wildman–Crippen LogP) is 6.65. The van der Waals surface area contributed by atoms with Gasteiger partial charge < -0.3 is 15.7 Å². The van der Waals surface area contributed by atoms with Crippen LogP contribution in [0.4, 0.5) is 5.82 Å². The van der Waals surface area contributed by atoms with E-state index < -0.39 is 12.0 Å². The fourth-order valence-corrected chi connectivity index (χ4v) is 5.26. The SMILES string of the molecule is Cc1ccc(C(CC(=O)O)NC(=O)c2ccn3c(NC4CCCCC4)c(-c4cccc(Cl)c4)nc3c2)cc1. The molecule has 1 atom stereocenters. The maximum Gasteiger partial charge on any atom is 0.305 e. The van der Waals surface area contributed by atoms with Crippen molar-refractivity contribution in [2.75, 3.05) is 5.32 Å². The van der Waals surface area contributed by atoms with Crippen LogP contribution in [-0.4, -0.2) is 32.4 Å². The van der Waals surface area contributed by atoms with Crippen LogP contribution in [0.15, 0.2) is 66.9 Å². The fourth-order valence-electron chi connectivity index (χ4n) is 5.07. The predicted molar refractivity (Wildman–Crippen MR) is 150 cm³/mol. The van der Waals surface area contributed by atoms with Gasteiger partial charge in [0.2, 0.25) is 0 Å². The van der Waals surface area contributed by atoms with Gasteiger partial charge >= 0.3 is 5.97 Å². The molecule has 1 amide bonds. The second kappa shape index (κ2) is 11.3. The summed E-state index contributed by atoms with van der Waals surface area (Å²) in [6.07, 6.45) is 7.49. The number of carbonyl (C=O) groups excluding carboxylic acids is 1. The first-order valence-electron chi connectivity index (χ1n) is 13.0. The van der Waals surface area contributed by atoms with Gasteiger partial charge in [-0.1, -0.05) is 72.8 Å². The van der Waals surface area contributed by atoms with Gasteiger partial charge in [0.1, 0.15) is 17.2 Å². The molecular weight excluding hydrogens is 500 g/mol. The topological polar surface area (TPSA) is 95.7 Å². The van der Waals surface area contributed by atoms with E-state index in [4.69, 9.17) is 16.6 Å². The lowest BCUT2D eigenvalue weighted by molar-refractivity contribution is -0.137. The zero-order valence-corrected chi connectivity index (χ0v) is 22.0. The number of hydrogen-bond donors (Lipinski definition) is 3. The number of hydrogen-bond acceptors (Lipinski definition) is 4. The van der Waals surface area contributed by atoms with Gasteiger partial charge in [0.05, 0.1) is 12.5 Å². The van der Waals surface area contributed by atoms with E-state index in [1.807, 2.05) is 66.1 Å². The van der Waals surface area contributed by atoms with Crippen LogP contribution in [0.3, 0.4) is 0 Å². The molecule has 0 radical (unpaired) electrons. The van der Waals surface area contributed by atoms with Crippen molar-refractivity contribution < 1.29 is 14.7 Å². The van der Waals surface area contributed by atoms with E-state index in [9.17, 15) is 14.7 Å². The van der Waals surface area contributed by atoms with Crippen LogP contribution in [0.1, 0.15) is 66.1 Å². The quantitative estimate of drug-likeness (QED) is 0.237. The fraction of sp³-hybridized carbons (Fsp3) is 0.300. The minimum atomic E-state index is -0.982. The summed E-state index contributed by atoms with van der Waals surface area (Å²) < 4.78 is 1.97. The van der Waals surface area contributed by atoms with Crippen molar-refractivity contribution in [1.82, 2.24) is 14.7 Å². The maximum atomic E-state index is 13.3. The lowest BCUT2D eigenvalue weighted by Crippen LogP contribution is -2.30. The van der Waals surface area contributed by atoms with Crippen molar-refractivity contribution in [1.29, 1.82) is 0 Å². The number of pyridine rings is 1. The number of nitrogens with zero attached hydrogens (tertiary/aromatic N) is 2. The summed E-state index contributed by atoms with van der Waals surface area (Å²) in [5.74, 6) is -0.456. The number of nitrogens with one attached hydrogen (secondary N) is 2. The second-order valence-corrected chi connectivity index (χ2v) is 10.4. The highest BCUT2D eigenvalue weighted by atomic mass is 35.5. The molecule has 1 aliphatic rings. The number of carboxylic acid groups (broad SMARTS) is 1. The van der Waals surface area contributed by atoms with Crippen molar-refractivity contribution in [3.05, 3.63) is 88.6 Å². The number of benzene rings is 2. The molecule has 1 saturated carbocycles. The Morgan fingerprint density at radius 1 is 1.08 bits per heavy atom. The van der Waals surface area contributed by atoms with Gasteiger partial charge in [0.15, 0.2) is 0 Å². The zero-order chi connectivity index (χ0) is 26.6. The molecule has 1 fully saturated rings. The molecular formula is C30H31ClN4O3. The lowest BCUT2D eigenvalue weighted by atomic mass is 9.95. The highest BCUT2D eigenvalue weighted by molar-refractivity contribution is 6.30. The van der Waals surface area contributed by atoms with Crippen molar-refractivity contribution in [2.45, 2.75) is 57.5 Å². The Morgan fingerprint density at radius 2 is 1.84 bits per heavy atom. The minimum Gasteiger partial charge on any atom is -0.481 e. The number of anilines is 1. The van der Waals surface area contributed by atoms with E-state index in [0.717, 1.165) is 41.0 Å². The van der Waals surface area contributed by atoms with Gasteiger partial charge in [-0.25, -0.2) is 4.98 Å². The average molecular weight is 531 g/mol. The number of imidazole rings is 1. The molecule has 2 aromatic heterocycles. The molecule has 0 bridgehead atoms. The largest absolute Gasteiger partial charge is 0.481 e. The van der Waals surface area contributed by atoms with E-state index >= 15 is 0 Å². The molecule has 4 aromatic rings. The summed E-state index contributed by atoms with van der Waals surface area (Å²) in [5, 5.41) is 16.7. The molecule has 2 heterocycles. The molecule has 0 aliphatic heterocycles. The summed E-state index contributed by atoms with van der Waals surface area (Å²) in [6.45, 7) is 1.96. The van der Waals surface area contributed by atoms with E-state index in [2.05, 4.69) is 10.6 Å². The third kappa shape index (κ3) is 5.83. The number of rotatable bonds is 8. The molecule has 1 aliphatic carbocycles. The lowest BCUT2D eigenvalue weighted by Gasteiger charge is -2.24. The Morgan fingerprint density at radius 3 is 2.55 bits per heavy atom. The first-order valence-corrected chi connectivity index (χ1v) is 13.4. The van der Waals surface area contributed by atoms with Gasteiger partial charge in [0, 0.05) is 28.4 Å². The monoisotopic (exact) mass is 530 g/mol. The van der Waals surface area contributed by atoms with Crippen LogP contribution in [0.2, 0.25) is 5.02 Å². The number of aryl methyl sites for hydroxylation is 1. The summed E-state index contributed by atoms with van der Waals surface area (Å²) >= 11 is 6.30. The molecule has 3 N–H and O–H groups in total. The average Bonchev–Trinajstić information content (AvgIpc) is 3.26. The number of fused-ring (bicyclic) bond motifs is 1. The van der Waals surface area contributed by atoms with Gasteiger partial charge in [-0.05, 0) is 49.6 Å². The maximum absolute atomic E-state index is 13.3. The van der Waals surface area contributed by atoms with Crippen molar-refractivity contribution in [3.8, 4) is 11.3 Å². The van der Waals surface area contributed by atoms with Crippen molar-refractivity contribution in [3.63, 3.8) is 0 Å². The van der Waals surface area contributed by atoms with E-state index in [-0.39, 0.29) is 12.3 Å². The zero-order valence-electron chi connectivity index (χ0n) is 21.3. The second-order valence-electron chi connectivity index (χ2n) is 9.98. The number of aliphatic carboxylic acids is 1. The normalized spacial score (nSPS) is 14.8. The van der Waals surface area contributed by atoms with Gasteiger partial charge in [0.25, 0.3) is 5.91 Å². The standard InChI is InChI=1S/C30H31ClN4O3/c1-19-10-12-20(13-11-19)25(18-27(36)37)33-30(38)22-14-15-35-26(17-22)34-28(21-6-5-7-23(31)16-21)29(35)32-24-8-3-2-4-9-24/h5-7,10-17,24-25,32H,2-4,8-9,18H2,1H3,(H,33,38)(H,36,37). The molecule has 5 rings (SSSR count). The van der Waals surface area contributed by atoms with E-state index in [1.165, 1.54) is 19.3 Å². The smallest absolute Gasteiger partial charge is 0.305 e. The molecule has 8 heteroatoms. The minimum absolute atomic E-state index is 0.213. The first kappa shape index (κ1) is 25.8. The molecule has 7 nitrogen and oxygen atoms in total. The third-order valence-electron chi connectivity index (χ3n) is 7.10. The highest BCUT2D eigenvalue weighted by Crippen LogP contribution is 2.33. The molecule has 1 unspecified atom stereocenters. The number of halogens is 1. The Kier molecular flexibility index (Phi) is 7.65. The Hall–Kier alpha value is -3.84. The van der Waals surface area contributed by atoms with Crippen LogP contribution in [0.25, 0.3) is 16.9 Å². The summed E-state index contributed by atoms with van der Waals surface area (Å²) in [7, 11) is 0. The molecule has 2 aromatic carbocycles. The summed E-state index contributed by atoms with van der Waals surface area (Å²) in [6, 6.07) is 18.3. The third-order valence-corrected chi connectivity index (χ3v) is 7.33. The van der Waals surface area contributed by atoms with Crippen molar-refractivity contribution >= 4 is 34.9 Å². The number of carboxylic acids is 1. The van der Waals surface area contributed by atoms with Gasteiger partial charge in [-0.3, -0.25) is 14.0 Å². The highest BCUT2D eigenvalue weighted by Gasteiger charge is 2.22. The van der Waals surface area contributed by atoms with Crippen LogP contribution in [-0.2, 0) is 4.79 Å². The van der Waals surface area contributed by atoms with Crippen LogP contribution < -0.4 is 10.6 Å². The van der Waals surface area contributed by atoms with Gasteiger partial charge in [-0.15, -0.1) is 0 Å². The van der Waals surface area contributed by atoms with Gasteiger partial charge in [-0.2, -0.15) is 0 Å². The first-order chi connectivity index (χ1) is 18.4. The van der Waals surface area contributed by atoms with Crippen LogP contribution in [0.5, 0.6) is 0 Å². The Balaban J connectivity index is 1.48. The van der Waals surface area contributed by atoms with Crippen LogP contribution >= 0.6 is 11.6 Å². The summed E-state index contributed by atoms with van der Waals surface area (Å²) in [5.41, 5.74) is 4.51. The number of amides is 1. The Labute approximate surface area is 226 Å². The van der Waals surface area contributed by atoms with E-state index in [1.54, 1.807) is 12.1 Å². The Bertz CT molecular complexity index is 1460. The number of aromatic nitrogens is 2. The summed E-state index contributed by atoms with van der Waals surface area (Å²) in [4.78, 5) is 29.7. The molecule has 0 spiro atoms. The molecule has 0 saturated heterocycles. The molecule has 196 valence electrons.